The molecule has 0 bridgehead atoms. The van der Waals surface area contributed by atoms with Crippen molar-refractivity contribution in [2.45, 2.75) is 22.6 Å². The van der Waals surface area contributed by atoms with Gasteiger partial charge in [0.15, 0.2) is 0 Å². The number of aliphatic imine (C=N–C) groups is 1. The quantitative estimate of drug-likeness (QED) is 0.541. The molecule has 4 rings (SSSR count). The minimum atomic E-state index is -0.0889. The maximum absolute atomic E-state index is 12.5. The number of hydrogen-bond acceptors (Lipinski definition) is 3. The largest absolute Gasteiger partial charge is 0.352 e. The van der Waals surface area contributed by atoms with Gasteiger partial charge in [-0.2, -0.15) is 0 Å². The van der Waals surface area contributed by atoms with Crippen LogP contribution in [0.4, 0.5) is 5.69 Å². The van der Waals surface area contributed by atoms with Crippen LogP contribution in [0.15, 0.2) is 87.6 Å². The van der Waals surface area contributed by atoms with Gasteiger partial charge in [-0.15, -0.1) is 0 Å². The van der Waals surface area contributed by atoms with Crippen molar-refractivity contribution in [1.82, 2.24) is 5.32 Å². The average Bonchev–Trinajstić information content (AvgIpc) is 2.87. The van der Waals surface area contributed by atoms with Gasteiger partial charge in [-0.25, -0.2) is 4.99 Å². The Kier molecular flexibility index (Phi) is 5.79. The van der Waals surface area contributed by atoms with E-state index in [1.807, 2.05) is 60.7 Å². The van der Waals surface area contributed by atoms with Crippen molar-refractivity contribution in [1.29, 1.82) is 0 Å². The van der Waals surface area contributed by atoms with Crippen molar-refractivity contribution in [3.8, 4) is 0 Å². The number of carbonyl (C=O) groups is 1. The summed E-state index contributed by atoms with van der Waals surface area (Å²) in [6.07, 6.45) is 1.84. The highest BCUT2D eigenvalue weighted by Crippen LogP contribution is 2.41. The van der Waals surface area contributed by atoms with Gasteiger partial charge < -0.3 is 5.32 Å². The minimum absolute atomic E-state index is 0.0889. The average molecular weight is 407 g/mol. The Bertz CT molecular complexity index is 1030. The molecule has 0 radical (unpaired) electrons. The normalized spacial score (nSPS) is 12.4. The van der Waals surface area contributed by atoms with E-state index in [4.69, 9.17) is 11.6 Å². The second-order valence-corrected chi connectivity index (χ2v) is 7.97. The van der Waals surface area contributed by atoms with Crippen LogP contribution in [0.5, 0.6) is 0 Å². The Labute approximate surface area is 173 Å². The lowest BCUT2D eigenvalue weighted by Gasteiger charge is -2.08. The van der Waals surface area contributed by atoms with Crippen molar-refractivity contribution in [3.05, 3.63) is 89.5 Å². The van der Waals surface area contributed by atoms with Gasteiger partial charge in [0.1, 0.15) is 5.17 Å². The summed E-state index contributed by atoms with van der Waals surface area (Å²) in [6.45, 7) is 0.634. The number of nitrogens with zero attached hydrogens (tertiary/aromatic N) is 1. The van der Waals surface area contributed by atoms with Crippen molar-refractivity contribution in [2.75, 3.05) is 6.54 Å². The number of benzene rings is 3. The summed E-state index contributed by atoms with van der Waals surface area (Å²) < 4.78 is 0. The van der Waals surface area contributed by atoms with E-state index in [1.54, 1.807) is 11.8 Å². The molecule has 1 amide bonds. The highest BCUT2D eigenvalue weighted by atomic mass is 35.5. The Morgan fingerprint density at radius 1 is 0.964 bits per heavy atom. The van der Waals surface area contributed by atoms with Gasteiger partial charge >= 0.3 is 0 Å². The van der Waals surface area contributed by atoms with Crippen LogP contribution < -0.4 is 5.32 Å². The molecule has 1 aliphatic rings. The molecule has 0 spiro atoms. The van der Waals surface area contributed by atoms with Crippen LogP contribution >= 0.6 is 23.4 Å². The first-order valence-corrected chi connectivity index (χ1v) is 10.4. The summed E-state index contributed by atoms with van der Waals surface area (Å²) in [5.41, 5.74) is 3.51. The number of hydrogen-bond donors (Lipinski definition) is 1. The molecule has 3 aromatic carbocycles. The van der Waals surface area contributed by atoms with Crippen molar-refractivity contribution < 1.29 is 4.79 Å². The second kappa shape index (κ2) is 8.63. The van der Waals surface area contributed by atoms with Crippen LogP contribution in [-0.4, -0.2) is 17.6 Å². The molecule has 140 valence electrons. The first-order chi connectivity index (χ1) is 13.7. The molecule has 0 saturated carbocycles. The van der Waals surface area contributed by atoms with Gasteiger partial charge in [-0.3, -0.25) is 4.79 Å². The zero-order valence-electron chi connectivity index (χ0n) is 15.2. The number of aryl methyl sites for hydroxylation is 1. The molecular weight excluding hydrogens is 388 g/mol. The van der Waals surface area contributed by atoms with Gasteiger partial charge in [-0.05, 0) is 42.7 Å². The number of halogens is 1. The third-order valence-corrected chi connectivity index (χ3v) is 5.97. The molecule has 0 aromatic heterocycles. The Hall–Kier alpha value is -2.56. The van der Waals surface area contributed by atoms with Crippen LogP contribution in [-0.2, 0) is 6.42 Å². The van der Waals surface area contributed by atoms with Crippen LogP contribution in [0.25, 0.3) is 0 Å². The molecule has 0 fully saturated rings. The molecule has 1 aliphatic heterocycles. The third-order valence-electron chi connectivity index (χ3n) is 4.54. The van der Waals surface area contributed by atoms with Crippen LogP contribution in [0.2, 0.25) is 0 Å². The summed E-state index contributed by atoms with van der Waals surface area (Å²) in [6, 6.07) is 23.8. The smallest absolute Gasteiger partial charge is 0.251 e. The molecule has 28 heavy (non-hydrogen) atoms. The van der Waals surface area contributed by atoms with E-state index in [0.29, 0.717) is 17.3 Å². The fourth-order valence-corrected chi connectivity index (χ4v) is 4.40. The molecule has 1 N–H and O–H groups in total. The lowest BCUT2D eigenvalue weighted by Crippen LogP contribution is -2.24. The van der Waals surface area contributed by atoms with E-state index >= 15 is 0 Å². The van der Waals surface area contributed by atoms with Gasteiger partial charge in [0, 0.05) is 27.5 Å². The van der Waals surface area contributed by atoms with Gasteiger partial charge in [0.25, 0.3) is 5.91 Å². The summed E-state index contributed by atoms with van der Waals surface area (Å²) in [7, 11) is 0. The fraction of sp³-hybridized carbons (Fsp3) is 0.130. The highest BCUT2D eigenvalue weighted by Gasteiger charge is 2.17. The van der Waals surface area contributed by atoms with E-state index in [2.05, 4.69) is 22.4 Å². The first-order valence-electron chi connectivity index (χ1n) is 9.18. The number of amides is 1. The zero-order chi connectivity index (χ0) is 19.3. The molecule has 0 aliphatic carbocycles. The molecule has 3 nitrogen and oxygen atoms in total. The van der Waals surface area contributed by atoms with Crippen molar-refractivity contribution in [3.63, 3.8) is 0 Å². The number of rotatable bonds is 5. The fourth-order valence-electron chi connectivity index (χ4n) is 3.08. The second-order valence-electron chi connectivity index (χ2n) is 6.53. The topological polar surface area (TPSA) is 41.5 Å². The Morgan fingerprint density at radius 3 is 2.61 bits per heavy atom. The summed E-state index contributed by atoms with van der Waals surface area (Å²) in [5, 5.41) is 3.44. The number of nitrogens with one attached hydrogen (secondary N) is 1. The molecule has 1 heterocycles. The lowest BCUT2D eigenvalue weighted by atomic mass is 10.1. The summed E-state index contributed by atoms with van der Waals surface area (Å²) in [5.74, 6) is -0.0889. The predicted octanol–water partition coefficient (Wildman–Crippen LogP) is 5.83. The van der Waals surface area contributed by atoms with E-state index in [1.165, 1.54) is 5.56 Å². The maximum Gasteiger partial charge on any atom is 0.251 e. The molecule has 3 aromatic rings. The third kappa shape index (κ3) is 4.29. The Morgan fingerprint density at radius 2 is 1.75 bits per heavy atom. The monoisotopic (exact) mass is 406 g/mol. The van der Waals surface area contributed by atoms with Gasteiger partial charge in [-0.1, -0.05) is 71.9 Å². The van der Waals surface area contributed by atoms with Gasteiger partial charge in [0.2, 0.25) is 0 Å². The van der Waals surface area contributed by atoms with Crippen LogP contribution in [0.3, 0.4) is 0 Å². The SMILES string of the molecule is O=C(NCCCc1ccccc1)c1ccc2c(c1)N=C(Cl)c1ccccc1S2. The standard InChI is InChI=1S/C23H19ClN2OS/c24-22-18-10-4-5-11-20(18)28-21-13-12-17(15-19(21)26-22)23(27)25-14-6-9-16-7-2-1-3-8-16/h1-5,7-8,10-13,15H,6,9,14H2,(H,25,27). The van der Waals surface area contributed by atoms with Crippen molar-refractivity contribution >= 4 is 40.1 Å². The first kappa shape index (κ1) is 18.8. The molecule has 5 heteroatoms. The van der Waals surface area contributed by atoms with E-state index < -0.39 is 0 Å². The van der Waals surface area contributed by atoms with Crippen molar-refractivity contribution in [2.24, 2.45) is 4.99 Å². The van der Waals surface area contributed by atoms with E-state index in [9.17, 15) is 4.79 Å². The minimum Gasteiger partial charge on any atom is -0.352 e. The summed E-state index contributed by atoms with van der Waals surface area (Å²) in [4.78, 5) is 19.1. The molecule has 0 atom stereocenters. The van der Waals surface area contributed by atoms with Crippen LogP contribution in [0, 0.1) is 0 Å². The zero-order valence-corrected chi connectivity index (χ0v) is 16.8. The lowest BCUT2D eigenvalue weighted by molar-refractivity contribution is 0.0953. The van der Waals surface area contributed by atoms with Gasteiger partial charge in [0.05, 0.1) is 5.69 Å². The molecule has 0 saturated heterocycles. The number of fused-ring (bicyclic) bond motifs is 2. The maximum atomic E-state index is 12.5. The Balaban J connectivity index is 1.43. The van der Waals surface area contributed by atoms with Crippen LogP contribution in [0.1, 0.15) is 27.9 Å². The number of carbonyl (C=O) groups excluding carboxylic acids is 1. The van der Waals surface area contributed by atoms with E-state index in [-0.39, 0.29) is 5.91 Å². The summed E-state index contributed by atoms with van der Waals surface area (Å²) >= 11 is 8.02. The predicted molar refractivity (Wildman–Crippen MR) is 116 cm³/mol. The molecular formula is C23H19ClN2OS. The highest BCUT2D eigenvalue weighted by molar-refractivity contribution is 7.99. The molecule has 0 unspecified atom stereocenters. The van der Waals surface area contributed by atoms with E-state index in [0.717, 1.165) is 33.9 Å².